The molecule has 1 saturated carbocycles. The highest BCUT2D eigenvalue weighted by molar-refractivity contribution is 14.1. The molecule has 0 heterocycles. The SMILES string of the molecule is O=C(CC1CCC(C(=O)O)C1)c1cccc(I)c1. The lowest BCUT2D eigenvalue weighted by Crippen LogP contribution is -2.11. The summed E-state index contributed by atoms with van der Waals surface area (Å²) in [6, 6.07) is 7.54. The molecule has 1 aliphatic rings. The lowest BCUT2D eigenvalue weighted by Gasteiger charge is -2.08. The summed E-state index contributed by atoms with van der Waals surface area (Å²) in [4.78, 5) is 22.9. The number of rotatable bonds is 4. The molecule has 0 aliphatic heterocycles. The first-order chi connectivity index (χ1) is 8.56. The maximum atomic E-state index is 12.1. The highest BCUT2D eigenvalue weighted by Gasteiger charge is 2.30. The van der Waals surface area contributed by atoms with Crippen molar-refractivity contribution in [2.75, 3.05) is 0 Å². The van der Waals surface area contributed by atoms with Crippen molar-refractivity contribution in [3.05, 3.63) is 33.4 Å². The zero-order chi connectivity index (χ0) is 13.1. The van der Waals surface area contributed by atoms with E-state index in [0.717, 1.165) is 15.6 Å². The van der Waals surface area contributed by atoms with Gasteiger partial charge in [0.05, 0.1) is 5.92 Å². The summed E-state index contributed by atoms with van der Waals surface area (Å²) in [5, 5.41) is 8.93. The van der Waals surface area contributed by atoms with Crippen molar-refractivity contribution in [2.45, 2.75) is 25.7 Å². The van der Waals surface area contributed by atoms with E-state index in [4.69, 9.17) is 5.11 Å². The van der Waals surface area contributed by atoms with Gasteiger partial charge >= 0.3 is 5.97 Å². The maximum absolute atomic E-state index is 12.1. The Kier molecular flexibility index (Phi) is 4.37. The molecule has 0 aromatic heterocycles. The molecule has 1 aliphatic carbocycles. The van der Waals surface area contributed by atoms with Gasteiger partial charge in [-0.3, -0.25) is 9.59 Å². The Morgan fingerprint density at radius 3 is 2.72 bits per heavy atom. The fourth-order valence-corrected chi connectivity index (χ4v) is 3.07. The zero-order valence-corrected chi connectivity index (χ0v) is 12.1. The van der Waals surface area contributed by atoms with Gasteiger partial charge in [0.25, 0.3) is 0 Å². The molecule has 0 saturated heterocycles. The molecule has 4 heteroatoms. The monoisotopic (exact) mass is 358 g/mol. The lowest BCUT2D eigenvalue weighted by molar-refractivity contribution is -0.141. The number of benzene rings is 1. The van der Waals surface area contributed by atoms with Gasteiger partial charge in [-0.05, 0) is 59.9 Å². The molecule has 2 atom stereocenters. The van der Waals surface area contributed by atoms with Crippen LogP contribution in [0.3, 0.4) is 0 Å². The number of carbonyl (C=O) groups excluding carboxylic acids is 1. The fraction of sp³-hybridized carbons (Fsp3) is 0.429. The molecule has 2 rings (SSSR count). The van der Waals surface area contributed by atoms with E-state index in [1.54, 1.807) is 0 Å². The average molecular weight is 358 g/mol. The number of Topliss-reactive ketones (excluding diaryl/α,β-unsaturated/α-hetero) is 1. The standard InChI is InChI=1S/C14H15IO3/c15-12-3-1-2-10(8-12)13(16)7-9-4-5-11(6-9)14(17)18/h1-3,8-9,11H,4-7H2,(H,17,18). The van der Waals surface area contributed by atoms with Crippen LogP contribution in [0.2, 0.25) is 0 Å². The molecule has 1 aromatic rings. The summed E-state index contributed by atoms with van der Waals surface area (Å²) in [5.74, 6) is -0.612. The van der Waals surface area contributed by atoms with Gasteiger partial charge in [0.1, 0.15) is 0 Å². The predicted molar refractivity (Wildman–Crippen MR) is 76.6 cm³/mol. The lowest BCUT2D eigenvalue weighted by atomic mass is 9.96. The Labute approximate surface area is 120 Å². The Balaban J connectivity index is 1.95. The summed E-state index contributed by atoms with van der Waals surface area (Å²) >= 11 is 2.19. The number of aliphatic carboxylic acids is 1. The van der Waals surface area contributed by atoms with E-state index in [1.165, 1.54) is 0 Å². The Morgan fingerprint density at radius 2 is 2.11 bits per heavy atom. The summed E-state index contributed by atoms with van der Waals surface area (Å²) in [7, 11) is 0. The van der Waals surface area contributed by atoms with Gasteiger partial charge in [0, 0.05) is 15.6 Å². The summed E-state index contributed by atoms with van der Waals surface area (Å²) in [5.41, 5.74) is 0.737. The van der Waals surface area contributed by atoms with Crippen LogP contribution < -0.4 is 0 Å². The fourth-order valence-electron chi connectivity index (χ4n) is 2.53. The maximum Gasteiger partial charge on any atom is 0.306 e. The average Bonchev–Trinajstić information content (AvgIpc) is 2.77. The second-order valence-corrected chi connectivity index (χ2v) is 6.10. The Hall–Kier alpha value is -0.910. The largest absolute Gasteiger partial charge is 0.481 e. The van der Waals surface area contributed by atoms with Crippen molar-refractivity contribution in [1.82, 2.24) is 0 Å². The van der Waals surface area contributed by atoms with Crippen LogP contribution in [0, 0.1) is 15.4 Å². The minimum absolute atomic E-state index is 0.129. The van der Waals surface area contributed by atoms with Crippen molar-refractivity contribution < 1.29 is 14.7 Å². The molecule has 0 bridgehead atoms. The smallest absolute Gasteiger partial charge is 0.306 e. The minimum atomic E-state index is -0.723. The van der Waals surface area contributed by atoms with E-state index in [9.17, 15) is 9.59 Å². The number of ketones is 1. The number of hydrogen-bond acceptors (Lipinski definition) is 2. The molecule has 0 radical (unpaired) electrons. The molecule has 2 unspecified atom stereocenters. The second-order valence-electron chi connectivity index (χ2n) is 4.85. The quantitative estimate of drug-likeness (QED) is 0.663. The highest BCUT2D eigenvalue weighted by atomic mass is 127. The number of carbonyl (C=O) groups is 2. The third-order valence-corrected chi connectivity index (χ3v) is 4.18. The van der Waals surface area contributed by atoms with E-state index in [2.05, 4.69) is 22.6 Å². The summed E-state index contributed by atoms with van der Waals surface area (Å²) < 4.78 is 1.05. The van der Waals surface area contributed by atoms with Crippen LogP contribution in [-0.2, 0) is 4.79 Å². The third kappa shape index (κ3) is 3.31. The molecular formula is C14H15IO3. The van der Waals surface area contributed by atoms with Crippen molar-refractivity contribution in [1.29, 1.82) is 0 Å². The van der Waals surface area contributed by atoms with Crippen LogP contribution in [-0.4, -0.2) is 16.9 Å². The molecule has 1 N–H and O–H groups in total. The van der Waals surface area contributed by atoms with Crippen molar-refractivity contribution in [2.24, 2.45) is 11.8 Å². The molecule has 96 valence electrons. The molecule has 0 spiro atoms. The first-order valence-corrected chi connectivity index (χ1v) is 7.15. The summed E-state index contributed by atoms with van der Waals surface area (Å²) in [6.45, 7) is 0. The van der Waals surface area contributed by atoms with E-state index < -0.39 is 5.97 Å². The van der Waals surface area contributed by atoms with Gasteiger partial charge in [-0.2, -0.15) is 0 Å². The van der Waals surface area contributed by atoms with Crippen molar-refractivity contribution in [3.63, 3.8) is 0 Å². The number of halogens is 1. The van der Waals surface area contributed by atoms with Gasteiger partial charge in [-0.1, -0.05) is 12.1 Å². The molecule has 1 fully saturated rings. The van der Waals surface area contributed by atoms with Crippen LogP contribution in [0.15, 0.2) is 24.3 Å². The van der Waals surface area contributed by atoms with E-state index >= 15 is 0 Å². The molecule has 0 amide bonds. The number of carboxylic acids is 1. The van der Waals surface area contributed by atoms with Gasteiger partial charge in [-0.25, -0.2) is 0 Å². The first-order valence-electron chi connectivity index (χ1n) is 6.08. The molecule has 1 aromatic carbocycles. The molecule has 3 nitrogen and oxygen atoms in total. The Morgan fingerprint density at radius 1 is 1.33 bits per heavy atom. The molecule has 18 heavy (non-hydrogen) atoms. The van der Waals surface area contributed by atoms with Gasteiger partial charge in [-0.15, -0.1) is 0 Å². The third-order valence-electron chi connectivity index (χ3n) is 3.51. The van der Waals surface area contributed by atoms with Crippen molar-refractivity contribution in [3.8, 4) is 0 Å². The summed E-state index contributed by atoms with van der Waals surface area (Å²) in [6.07, 6.45) is 2.68. The Bertz CT molecular complexity index is 470. The van der Waals surface area contributed by atoms with E-state index in [1.807, 2.05) is 24.3 Å². The van der Waals surface area contributed by atoms with Crippen LogP contribution in [0.25, 0.3) is 0 Å². The first kappa shape index (κ1) is 13.5. The minimum Gasteiger partial charge on any atom is -0.481 e. The van der Waals surface area contributed by atoms with Gasteiger partial charge in [0.15, 0.2) is 5.78 Å². The second kappa shape index (κ2) is 5.82. The predicted octanol–water partition coefficient (Wildman–Crippen LogP) is 3.36. The van der Waals surface area contributed by atoms with Crippen LogP contribution in [0.5, 0.6) is 0 Å². The topological polar surface area (TPSA) is 54.4 Å². The van der Waals surface area contributed by atoms with E-state index in [0.29, 0.717) is 19.3 Å². The zero-order valence-electron chi connectivity index (χ0n) is 9.93. The highest BCUT2D eigenvalue weighted by Crippen LogP contribution is 2.34. The normalized spacial score (nSPS) is 22.9. The van der Waals surface area contributed by atoms with Crippen LogP contribution in [0.4, 0.5) is 0 Å². The number of carboxylic acid groups (broad SMARTS) is 1. The number of hydrogen-bond donors (Lipinski definition) is 1. The molecular weight excluding hydrogens is 343 g/mol. The van der Waals surface area contributed by atoms with Crippen LogP contribution >= 0.6 is 22.6 Å². The van der Waals surface area contributed by atoms with Gasteiger partial charge < -0.3 is 5.11 Å². The van der Waals surface area contributed by atoms with E-state index in [-0.39, 0.29) is 17.6 Å². The van der Waals surface area contributed by atoms with Crippen LogP contribution in [0.1, 0.15) is 36.0 Å². The van der Waals surface area contributed by atoms with Crippen molar-refractivity contribution >= 4 is 34.3 Å². The van der Waals surface area contributed by atoms with Gasteiger partial charge in [0.2, 0.25) is 0 Å².